The van der Waals surface area contributed by atoms with E-state index in [0.717, 1.165) is 17.8 Å². The van der Waals surface area contributed by atoms with E-state index in [1.807, 2.05) is 13.8 Å². The molecule has 2 N–H and O–H groups in total. The molecular formula is C12H15N3O2. The first-order chi connectivity index (χ1) is 8.24. The molecule has 0 fully saturated rings. The zero-order valence-corrected chi connectivity index (χ0v) is 9.90. The lowest BCUT2D eigenvalue weighted by Crippen LogP contribution is -1.92. The number of H-pyrrole nitrogens is 1. The van der Waals surface area contributed by atoms with E-state index in [1.54, 1.807) is 18.2 Å². The number of nitrogens with one attached hydrogen (secondary N) is 1. The summed E-state index contributed by atoms with van der Waals surface area (Å²) < 4.78 is 5.32. The van der Waals surface area contributed by atoms with Crippen molar-refractivity contribution < 1.29 is 9.84 Å². The number of nitrogens with zero attached hydrogens (tertiary/aromatic N) is 2. The maximum Gasteiger partial charge on any atom is 0.181 e. The summed E-state index contributed by atoms with van der Waals surface area (Å²) in [4.78, 5) is 4.33. The quantitative estimate of drug-likeness (QED) is 0.848. The standard InChI is InChI=1S/C12H15N3O2/c1-3-11-13-12(15-14-11)8-5-6-9(16)10(7-8)17-4-2/h5-7,16H,3-4H2,1-2H3,(H,13,14,15). The highest BCUT2D eigenvalue weighted by Crippen LogP contribution is 2.30. The number of aromatic amines is 1. The molecule has 0 spiro atoms. The Morgan fingerprint density at radius 3 is 2.82 bits per heavy atom. The van der Waals surface area contributed by atoms with Crippen molar-refractivity contribution in [2.45, 2.75) is 20.3 Å². The molecule has 1 aromatic heterocycles. The van der Waals surface area contributed by atoms with Crippen molar-refractivity contribution in [1.29, 1.82) is 0 Å². The van der Waals surface area contributed by atoms with Gasteiger partial charge in [-0.2, -0.15) is 5.10 Å². The number of hydrogen-bond acceptors (Lipinski definition) is 4. The van der Waals surface area contributed by atoms with Gasteiger partial charge in [0.15, 0.2) is 17.3 Å². The van der Waals surface area contributed by atoms with E-state index in [4.69, 9.17) is 4.74 Å². The number of phenols is 1. The molecule has 90 valence electrons. The molecule has 1 aromatic carbocycles. The number of benzene rings is 1. The van der Waals surface area contributed by atoms with Crippen LogP contribution in [-0.2, 0) is 6.42 Å². The van der Waals surface area contributed by atoms with Crippen LogP contribution in [0.2, 0.25) is 0 Å². The SMILES string of the molecule is CCOc1cc(-c2n[nH]c(CC)n2)ccc1O. The molecule has 0 saturated carbocycles. The lowest BCUT2D eigenvalue weighted by atomic mass is 10.2. The van der Waals surface area contributed by atoms with Crippen molar-refractivity contribution in [3.63, 3.8) is 0 Å². The molecule has 0 aliphatic rings. The van der Waals surface area contributed by atoms with Gasteiger partial charge in [-0.15, -0.1) is 0 Å². The van der Waals surface area contributed by atoms with Crippen molar-refractivity contribution >= 4 is 0 Å². The van der Waals surface area contributed by atoms with Crippen LogP contribution >= 0.6 is 0 Å². The van der Waals surface area contributed by atoms with Gasteiger partial charge >= 0.3 is 0 Å². The second-order valence-corrected chi connectivity index (χ2v) is 3.57. The highest BCUT2D eigenvalue weighted by Gasteiger charge is 2.09. The maximum absolute atomic E-state index is 9.59. The topological polar surface area (TPSA) is 71.0 Å². The van der Waals surface area contributed by atoms with E-state index in [-0.39, 0.29) is 5.75 Å². The summed E-state index contributed by atoms with van der Waals surface area (Å²) in [5, 5.41) is 16.6. The monoisotopic (exact) mass is 233 g/mol. The largest absolute Gasteiger partial charge is 0.504 e. The minimum Gasteiger partial charge on any atom is -0.504 e. The number of phenolic OH excluding ortho intramolecular Hbond substituents is 1. The fourth-order valence-corrected chi connectivity index (χ4v) is 1.51. The van der Waals surface area contributed by atoms with Crippen LogP contribution in [0.25, 0.3) is 11.4 Å². The zero-order chi connectivity index (χ0) is 12.3. The lowest BCUT2D eigenvalue weighted by molar-refractivity contribution is 0.318. The summed E-state index contributed by atoms with van der Waals surface area (Å²) in [6.07, 6.45) is 0.809. The molecule has 0 saturated heterocycles. The third-order valence-electron chi connectivity index (χ3n) is 2.38. The van der Waals surface area contributed by atoms with Gasteiger partial charge in [0.1, 0.15) is 5.82 Å². The van der Waals surface area contributed by atoms with Crippen LogP contribution in [0, 0.1) is 0 Å². The molecule has 0 unspecified atom stereocenters. The number of aromatic nitrogens is 3. The maximum atomic E-state index is 9.59. The second kappa shape index (κ2) is 4.86. The summed E-state index contributed by atoms with van der Waals surface area (Å²) in [7, 11) is 0. The molecule has 5 heteroatoms. The number of rotatable bonds is 4. The summed E-state index contributed by atoms with van der Waals surface area (Å²) in [6.45, 7) is 4.38. The van der Waals surface area contributed by atoms with Crippen molar-refractivity contribution in [3.8, 4) is 22.9 Å². The summed E-state index contributed by atoms with van der Waals surface area (Å²) in [5.74, 6) is 2.03. The van der Waals surface area contributed by atoms with Gasteiger partial charge in [0.25, 0.3) is 0 Å². The Morgan fingerprint density at radius 2 is 2.18 bits per heavy atom. The average molecular weight is 233 g/mol. The van der Waals surface area contributed by atoms with Gasteiger partial charge in [0.05, 0.1) is 6.61 Å². The van der Waals surface area contributed by atoms with Crippen LogP contribution in [0.4, 0.5) is 0 Å². The Morgan fingerprint density at radius 1 is 1.35 bits per heavy atom. The van der Waals surface area contributed by atoms with Gasteiger partial charge in [-0.05, 0) is 25.1 Å². The van der Waals surface area contributed by atoms with Crippen LogP contribution < -0.4 is 4.74 Å². The van der Waals surface area contributed by atoms with E-state index in [2.05, 4.69) is 15.2 Å². The molecule has 2 aromatic rings. The van der Waals surface area contributed by atoms with Crippen molar-refractivity contribution in [3.05, 3.63) is 24.0 Å². The van der Waals surface area contributed by atoms with E-state index < -0.39 is 0 Å². The lowest BCUT2D eigenvalue weighted by Gasteiger charge is -2.06. The molecule has 5 nitrogen and oxygen atoms in total. The minimum atomic E-state index is 0.127. The average Bonchev–Trinajstić information content (AvgIpc) is 2.81. The van der Waals surface area contributed by atoms with E-state index in [0.29, 0.717) is 18.2 Å². The Hall–Kier alpha value is -2.04. The number of hydrogen-bond donors (Lipinski definition) is 2. The van der Waals surface area contributed by atoms with Crippen LogP contribution in [0.5, 0.6) is 11.5 Å². The van der Waals surface area contributed by atoms with Crippen molar-refractivity contribution in [2.24, 2.45) is 0 Å². The molecular weight excluding hydrogens is 218 g/mol. The van der Waals surface area contributed by atoms with Crippen LogP contribution in [0.1, 0.15) is 19.7 Å². The van der Waals surface area contributed by atoms with Gasteiger partial charge < -0.3 is 9.84 Å². The molecule has 0 atom stereocenters. The van der Waals surface area contributed by atoms with Crippen LogP contribution in [-0.4, -0.2) is 26.9 Å². The van der Waals surface area contributed by atoms with Crippen molar-refractivity contribution in [2.75, 3.05) is 6.61 Å². The highest BCUT2D eigenvalue weighted by atomic mass is 16.5. The van der Waals surface area contributed by atoms with Crippen LogP contribution in [0.15, 0.2) is 18.2 Å². The zero-order valence-electron chi connectivity index (χ0n) is 9.90. The number of aryl methyl sites for hydroxylation is 1. The first-order valence-electron chi connectivity index (χ1n) is 5.62. The second-order valence-electron chi connectivity index (χ2n) is 3.57. The fourth-order valence-electron chi connectivity index (χ4n) is 1.51. The van der Waals surface area contributed by atoms with E-state index >= 15 is 0 Å². The van der Waals surface area contributed by atoms with Gasteiger partial charge in [-0.25, -0.2) is 4.98 Å². The summed E-state index contributed by atoms with van der Waals surface area (Å²) in [6, 6.07) is 5.09. The Balaban J connectivity index is 2.35. The van der Waals surface area contributed by atoms with E-state index in [1.165, 1.54) is 0 Å². The third-order valence-corrected chi connectivity index (χ3v) is 2.38. The summed E-state index contributed by atoms with van der Waals surface area (Å²) in [5.41, 5.74) is 0.821. The molecule has 0 radical (unpaired) electrons. The molecule has 0 bridgehead atoms. The molecule has 1 heterocycles. The Labute approximate surface area is 99.5 Å². The summed E-state index contributed by atoms with van der Waals surface area (Å²) >= 11 is 0. The number of ether oxygens (including phenoxy) is 1. The molecule has 0 amide bonds. The molecule has 2 rings (SSSR count). The molecule has 0 aliphatic heterocycles. The van der Waals surface area contributed by atoms with Gasteiger partial charge in [0, 0.05) is 12.0 Å². The Kier molecular flexibility index (Phi) is 3.27. The predicted octanol–water partition coefficient (Wildman–Crippen LogP) is 2.14. The van der Waals surface area contributed by atoms with Gasteiger partial charge in [-0.1, -0.05) is 6.92 Å². The Bertz CT molecular complexity index is 508. The van der Waals surface area contributed by atoms with Gasteiger partial charge in [0.2, 0.25) is 0 Å². The smallest absolute Gasteiger partial charge is 0.181 e. The minimum absolute atomic E-state index is 0.127. The normalized spacial score (nSPS) is 10.5. The first-order valence-corrected chi connectivity index (χ1v) is 5.62. The van der Waals surface area contributed by atoms with E-state index in [9.17, 15) is 5.11 Å². The molecule has 0 aliphatic carbocycles. The van der Waals surface area contributed by atoms with Crippen LogP contribution in [0.3, 0.4) is 0 Å². The van der Waals surface area contributed by atoms with Crippen molar-refractivity contribution in [1.82, 2.24) is 15.2 Å². The fraction of sp³-hybridized carbons (Fsp3) is 0.333. The first kappa shape index (κ1) is 11.4. The molecule has 17 heavy (non-hydrogen) atoms. The predicted molar refractivity (Wildman–Crippen MR) is 64.0 cm³/mol. The van der Waals surface area contributed by atoms with Gasteiger partial charge in [-0.3, -0.25) is 5.10 Å². The highest BCUT2D eigenvalue weighted by molar-refractivity contribution is 5.60. The third kappa shape index (κ3) is 2.38. The number of aromatic hydroxyl groups is 1.